The van der Waals surface area contributed by atoms with E-state index in [0.29, 0.717) is 12.1 Å². The molecule has 1 aromatic rings. The van der Waals surface area contributed by atoms with Crippen LogP contribution in [0.1, 0.15) is 31.4 Å². The number of furan rings is 1. The summed E-state index contributed by atoms with van der Waals surface area (Å²) in [4.78, 5) is 23.2. The van der Waals surface area contributed by atoms with E-state index in [1.165, 1.54) is 18.6 Å². The third kappa shape index (κ3) is 5.87. The van der Waals surface area contributed by atoms with Gasteiger partial charge >= 0.3 is 11.9 Å². The normalized spacial score (nSPS) is 15.7. The third-order valence-electron chi connectivity index (χ3n) is 3.47. The van der Waals surface area contributed by atoms with Crippen LogP contribution in [0.5, 0.6) is 0 Å². The van der Waals surface area contributed by atoms with Crippen molar-refractivity contribution in [2.24, 2.45) is 10.8 Å². The first kappa shape index (κ1) is 18.9. The van der Waals surface area contributed by atoms with Gasteiger partial charge in [0.05, 0.1) is 6.07 Å². The van der Waals surface area contributed by atoms with Crippen LogP contribution in [0, 0.1) is 10.1 Å². The number of rotatable bonds is 6. The average molecular weight is 346 g/mol. The zero-order valence-electron chi connectivity index (χ0n) is 12.6. The van der Waals surface area contributed by atoms with E-state index in [-0.39, 0.29) is 24.1 Å². The average Bonchev–Trinajstić information content (AvgIpc) is 2.98. The number of nitrogens with two attached hydrogens (primary N) is 1. The maximum absolute atomic E-state index is 10.8. The number of piperidine rings is 1. The Morgan fingerprint density at radius 2 is 2.09 bits per heavy atom. The van der Waals surface area contributed by atoms with E-state index in [0.717, 1.165) is 32.5 Å². The SMILES string of the molecule is Cl.NC(=O)NN=C(CCN1CCCCC1)c1ccc([N+](=O)[O-])o1. The molecule has 1 fully saturated rings. The van der Waals surface area contributed by atoms with Crippen molar-refractivity contribution in [1.82, 2.24) is 10.3 Å². The van der Waals surface area contributed by atoms with Crippen molar-refractivity contribution in [2.75, 3.05) is 19.6 Å². The number of hydrogen-bond acceptors (Lipinski definition) is 6. The Balaban J connectivity index is 0.00000264. The van der Waals surface area contributed by atoms with Gasteiger partial charge in [-0.2, -0.15) is 5.10 Å². The Bertz CT molecular complexity index is 568. The molecular weight excluding hydrogens is 326 g/mol. The molecule has 0 bridgehead atoms. The lowest BCUT2D eigenvalue weighted by molar-refractivity contribution is -0.402. The molecule has 1 aliphatic heterocycles. The second-order valence-corrected chi connectivity index (χ2v) is 5.08. The molecule has 0 unspecified atom stereocenters. The molecule has 1 aromatic heterocycles. The fraction of sp³-hybridized carbons (Fsp3) is 0.538. The molecular formula is C13H20ClN5O4. The fourth-order valence-electron chi connectivity index (χ4n) is 2.38. The molecule has 10 heteroatoms. The zero-order chi connectivity index (χ0) is 15.9. The number of carbonyl (C=O) groups excluding carboxylic acids is 1. The predicted octanol–water partition coefficient (Wildman–Crippen LogP) is 1.86. The van der Waals surface area contributed by atoms with Crippen molar-refractivity contribution in [1.29, 1.82) is 0 Å². The van der Waals surface area contributed by atoms with E-state index in [2.05, 4.69) is 15.4 Å². The van der Waals surface area contributed by atoms with E-state index in [1.807, 2.05) is 0 Å². The molecule has 2 rings (SSSR count). The number of carbonyl (C=O) groups is 1. The molecule has 23 heavy (non-hydrogen) atoms. The number of likely N-dealkylation sites (tertiary alicyclic amines) is 1. The van der Waals surface area contributed by atoms with Gasteiger partial charge in [0, 0.05) is 13.0 Å². The summed E-state index contributed by atoms with van der Waals surface area (Å²) in [6.45, 7) is 2.79. The first-order valence-electron chi connectivity index (χ1n) is 7.15. The largest absolute Gasteiger partial charge is 0.433 e. The number of primary amides is 1. The third-order valence-corrected chi connectivity index (χ3v) is 3.47. The van der Waals surface area contributed by atoms with E-state index < -0.39 is 11.0 Å². The first-order chi connectivity index (χ1) is 10.6. The molecule has 0 atom stereocenters. The van der Waals surface area contributed by atoms with Crippen LogP contribution in [-0.2, 0) is 0 Å². The van der Waals surface area contributed by atoms with Crippen LogP contribution in [0.15, 0.2) is 21.7 Å². The molecule has 0 spiro atoms. The number of hydrazone groups is 1. The second-order valence-electron chi connectivity index (χ2n) is 5.08. The van der Waals surface area contributed by atoms with Gasteiger partial charge in [0.25, 0.3) is 0 Å². The predicted molar refractivity (Wildman–Crippen MR) is 86.8 cm³/mol. The van der Waals surface area contributed by atoms with Crippen LogP contribution < -0.4 is 11.2 Å². The van der Waals surface area contributed by atoms with Gasteiger partial charge in [-0.1, -0.05) is 6.42 Å². The number of nitro groups is 1. The lowest BCUT2D eigenvalue weighted by atomic mass is 10.1. The summed E-state index contributed by atoms with van der Waals surface area (Å²) in [5.74, 6) is -0.0998. The molecule has 1 saturated heterocycles. The second kappa shape index (κ2) is 9.11. The quantitative estimate of drug-likeness (QED) is 0.462. The summed E-state index contributed by atoms with van der Waals surface area (Å²) < 4.78 is 5.14. The van der Waals surface area contributed by atoms with Crippen molar-refractivity contribution in [2.45, 2.75) is 25.7 Å². The van der Waals surface area contributed by atoms with Crippen LogP contribution in [0.3, 0.4) is 0 Å². The van der Waals surface area contributed by atoms with Gasteiger partial charge in [0.2, 0.25) is 0 Å². The summed E-state index contributed by atoms with van der Waals surface area (Å²) in [6.07, 6.45) is 4.08. The fourth-order valence-corrected chi connectivity index (χ4v) is 2.38. The molecule has 0 saturated carbocycles. The van der Waals surface area contributed by atoms with Gasteiger partial charge in [0.1, 0.15) is 10.6 Å². The molecule has 2 heterocycles. The first-order valence-corrected chi connectivity index (χ1v) is 7.15. The van der Waals surface area contributed by atoms with E-state index >= 15 is 0 Å². The number of hydrogen-bond donors (Lipinski definition) is 2. The molecule has 0 aromatic carbocycles. The van der Waals surface area contributed by atoms with Gasteiger partial charge in [-0.15, -0.1) is 12.4 Å². The highest BCUT2D eigenvalue weighted by atomic mass is 35.5. The zero-order valence-corrected chi connectivity index (χ0v) is 13.4. The Morgan fingerprint density at radius 3 is 2.65 bits per heavy atom. The number of amides is 2. The molecule has 128 valence electrons. The van der Waals surface area contributed by atoms with Crippen LogP contribution in [-0.4, -0.2) is 41.2 Å². The maximum Gasteiger partial charge on any atom is 0.433 e. The maximum atomic E-state index is 10.8. The topological polar surface area (TPSA) is 127 Å². The molecule has 3 N–H and O–H groups in total. The van der Waals surface area contributed by atoms with Crippen LogP contribution in [0.4, 0.5) is 10.7 Å². The lowest BCUT2D eigenvalue weighted by Crippen LogP contribution is -2.32. The molecule has 0 radical (unpaired) electrons. The number of halogens is 1. The van der Waals surface area contributed by atoms with Crippen molar-refractivity contribution >= 4 is 30.0 Å². The van der Waals surface area contributed by atoms with Gasteiger partial charge in [-0.3, -0.25) is 10.1 Å². The monoisotopic (exact) mass is 345 g/mol. The van der Waals surface area contributed by atoms with E-state index in [1.54, 1.807) is 0 Å². The Kier molecular flexibility index (Phi) is 7.49. The smallest absolute Gasteiger partial charge is 0.399 e. The molecule has 9 nitrogen and oxygen atoms in total. The highest BCUT2D eigenvalue weighted by molar-refractivity contribution is 5.99. The summed E-state index contributed by atoms with van der Waals surface area (Å²) in [5, 5.41) is 14.6. The Labute approximate surface area is 139 Å². The van der Waals surface area contributed by atoms with Crippen molar-refractivity contribution in [3.8, 4) is 0 Å². The number of urea groups is 1. The van der Waals surface area contributed by atoms with Crippen molar-refractivity contribution < 1.29 is 14.1 Å². The molecule has 0 aliphatic carbocycles. The van der Waals surface area contributed by atoms with Crippen molar-refractivity contribution in [3.63, 3.8) is 0 Å². The minimum absolute atomic E-state index is 0. The minimum atomic E-state index is -0.795. The Hall–Kier alpha value is -2.13. The summed E-state index contributed by atoms with van der Waals surface area (Å²) in [6, 6.07) is 1.93. The highest BCUT2D eigenvalue weighted by Gasteiger charge is 2.18. The Morgan fingerprint density at radius 1 is 1.39 bits per heavy atom. The number of nitrogens with one attached hydrogen (secondary N) is 1. The van der Waals surface area contributed by atoms with Crippen LogP contribution >= 0.6 is 12.4 Å². The molecule has 1 aliphatic rings. The molecule has 2 amide bonds. The van der Waals surface area contributed by atoms with Crippen molar-refractivity contribution in [3.05, 3.63) is 28.0 Å². The lowest BCUT2D eigenvalue weighted by Gasteiger charge is -2.26. The van der Waals surface area contributed by atoms with Gasteiger partial charge in [0.15, 0.2) is 5.76 Å². The number of nitrogens with zero attached hydrogens (tertiary/aromatic N) is 3. The summed E-state index contributed by atoms with van der Waals surface area (Å²) in [5.41, 5.74) is 7.58. The van der Waals surface area contributed by atoms with Gasteiger partial charge in [-0.05, 0) is 32.0 Å². The minimum Gasteiger partial charge on any atom is -0.399 e. The van der Waals surface area contributed by atoms with E-state index in [4.69, 9.17) is 10.2 Å². The van der Waals surface area contributed by atoms with Gasteiger partial charge in [-0.25, -0.2) is 10.2 Å². The highest BCUT2D eigenvalue weighted by Crippen LogP contribution is 2.18. The van der Waals surface area contributed by atoms with Crippen LogP contribution in [0.2, 0.25) is 0 Å². The summed E-state index contributed by atoms with van der Waals surface area (Å²) >= 11 is 0. The van der Waals surface area contributed by atoms with Crippen LogP contribution in [0.25, 0.3) is 0 Å². The standard InChI is InChI=1S/C13H19N5O4.ClH/c14-13(19)16-15-10(6-9-17-7-2-1-3-8-17)11-4-5-12(22-11)18(20)21;/h4-5H,1-3,6-9H2,(H3,14,16,19);1H. The van der Waals surface area contributed by atoms with E-state index in [9.17, 15) is 14.9 Å². The van der Waals surface area contributed by atoms with Gasteiger partial charge < -0.3 is 15.1 Å². The summed E-state index contributed by atoms with van der Waals surface area (Å²) in [7, 11) is 0.